The lowest BCUT2D eigenvalue weighted by molar-refractivity contribution is 1.41. The van der Waals surface area contributed by atoms with Gasteiger partial charge in [0, 0.05) is 22.8 Å². The fourth-order valence-electron chi connectivity index (χ4n) is 2.10. The molecular weight excluding hydrogens is 218 g/mol. The zero-order valence-corrected chi connectivity index (χ0v) is 9.41. The van der Waals surface area contributed by atoms with E-state index in [1.165, 1.54) is 10.8 Å². The molecule has 0 aliphatic carbocycles. The molecule has 1 aromatic heterocycles. The van der Waals surface area contributed by atoms with E-state index >= 15 is 0 Å². The standard InChI is InChI=1S/C14H10ClN/c15-8-10-4-3-5-11-9-16-13-7-2-1-6-12(13)14(10)11/h1-7,9H,8H2. The molecule has 1 heterocycles. The number of hydrogen-bond donors (Lipinski definition) is 0. The third-order valence-corrected chi connectivity index (χ3v) is 3.13. The Morgan fingerprint density at radius 2 is 1.88 bits per heavy atom. The zero-order chi connectivity index (χ0) is 11.0. The number of alkyl halides is 1. The first-order valence-electron chi connectivity index (χ1n) is 5.21. The van der Waals surface area contributed by atoms with Gasteiger partial charge in [-0.3, -0.25) is 4.98 Å². The summed E-state index contributed by atoms with van der Waals surface area (Å²) in [5.41, 5.74) is 2.19. The van der Waals surface area contributed by atoms with E-state index in [0.717, 1.165) is 16.5 Å². The highest BCUT2D eigenvalue weighted by atomic mass is 35.5. The Morgan fingerprint density at radius 3 is 2.75 bits per heavy atom. The maximum Gasteiger partial charge on any atom is 0.0708 e. The van der Waals surface area contributed by atoms with Crippen molar-refractivity contribution in [3.63, 3.8) is 0 Å². The van der Waals surface area contributed by atoms with Gasteiger partial charge in [-0.05, 0) is 17.0 Å². The highest BCUT2D eigenvalue weighted by molar-refractivity contribution is 6.19. The van der Waals surface area contributed by atoms with E-state index in [9.17, 15) is 0 Å². The van der Waals surface area contributed by atoms with Gasteiger partial charge in [0.15, 0.2) is 0 Å². The highest BCUT2D eigenvalue weighted by Gasteiger charge is 2.04. The number of para-hydroxylation sites is 1. The predicted octanol–water partition coefficient (Wildman–Crippen LogP) is 4.13. The highest BCUT2D eigenvalue weighted by Crippen LogP contribution is 2.27. The number of rotatable bonds is 1. The molecule has 0 amide bonds. The smallest absolute Gasteiger partial charge is 0.0708 e. The fourth-order valence-corrected chi connectivity index (χ4v) is 2.33. The van der Waals surface area contributed by atoms with Crippen molar-refractivity contribution in [3.8, 4) is 0 Å². The lowest BCUT2D eigenvalue weighted by Crippen LogP contribution is -1.86. The zero-order valence-electron chi connectivity index (χ0n) is 8.65. The summed E-state index contributed by atoms with van der Waals surface area (Å²) in [6, 6.07) is 14.3. The summed E-state index contributed by atoms with van der Waals surface area (Å²) in [5, 5.41) is 3.55. The van der Waals surface area contributed by atoms with Crippen LogP contribution >= 0.6 is 11.6 Å². The number of fused-ring (bicyclic) bond motifs is 3. The molecular formula is C14H10ClN. The van der Waals surface area contributed by atoms with Gasteiger partial charge in [-0.2, -0.15) is 0 Å². The van der Waals surface area contributed by atoms with Crippen molar-refractivity contribution >= 4 is 33.3 Å². The van der Waals surface area contributed by atoms with Crippen LogP contribution in [0.25, 0.3) is 21.7 Å². The molecule has 1 nitrogen and oxygen atoms in total. The van der Waals surface area contributed by atoms with Crippen LogP contribution in [-0.2, 0) is 5.88 Å². The second-order valence-electron chi connectivity index (χ2n) is 3.79. The quantitative estimate of drug-likeness (QED) is 0.450. The summed E-state index contributed by atoms with van der Waals surface area (Å²) in [6.07, 6.45) is 1.91. The molecule has 0 saturated heterocycles. The Balaban J connectivity index is 2.57. The average molecular weight is 228 g/mol. The van der Waals surface area contributed by atoms with Crippen molar-refractivity contribution in [2.45, 2.75) is 5.88 Å². The van der Waals surface area contributed by atoms with Gasteiger partial charge < -0.3 is 0 Å². The Kier molecular flexibility index (Phi) is 2.26. The lowest BCUT2D eigenvalue weighted by atomic mass is 10.0. The molecule has 3 aromatic rings. The van der Waals surface area contributed by atoms with Gasteiger partial charge in [0.25, 0.3) is 0 Å². The molecule has 2 aromatic carbocycles. The summed E-state index contributed by atoms with van der Waals surface area (Å²) in [5.74, 6) is 0.533. The van der Waals surface area contributed by atoms with E-state index in [2.05, 4.69) is 23.2 Å². The third-order valence-electron chi connectivity index (χ3n) is 2.84. The third kappa shape index (κ3) is 1.36. The molecule has 0 unspecified atom stereocenters. The molecule has 0 atom stereocenters. The van der Waals surface area contributed by atoms with Crippen molar-refractivity contribution < 1.29 is 0 Å². The van der Waals surface area contributed by atoms with Crippen molar-refractivity contribution in [2.75, 3.05) is 0 Å². The van der Waals surface area contributed by atoms with Crippen LogP contribution in [0, 0.1) is 0 Å². The van der Waals surface area contributed by atoms with Crippen LogP contribution in [0.4, 0.5) is 0 Å². The monoisotopic (exact) mass is 227 g/mol. The lowest BCUT2D eigenvalue weighted by Gasteiger charge is -2.06. The number of halogens is 1. The van der Waals surface area contributed by atoms with Gasteiger partial charge in [-0.15, -0.1) is 11.6 Å². The summed E-state index contributed by atoms with van der Waals surface area (Å²) >= 11 is 5.99. The van der Waals surface area contributed by atoms with Crippen LogP contribution < -0.4 is 0 Å². The maximum absolute atomic E-state index is 5.99. The molecule has 0 aliphatic heterocycles. The topological polar surface area (TPSA) is 12.9 Å². The van der Waals surface area contributed by atoms with Crippen LogP contribution in [0.15, 0.2) is 48.7 Å². The Bertz CT molecular complexity index is 661. The Morgan fingerprint density at radius 1 is 1.00 bits per heavy atom. The molecule has 0 saturated carbocycles. The Labute approximate surface area is 98.7 Å². The molecule has 0 bridgehead atoms. The SMILES string of the molecule is ClCc1cccc2cnc3ccccc3c12. The second kappa shape index (κ2) is 3.76. The predicted molar refractivity (Wildman–Crippen MR) is 68.8 cm³/mol. The van der Waals surface area contributed by atoms with Crippen molar-refractivity contribution in [1.29, 1.82) is 0 Å². The minimum absolute atomic E-state index is 0.533. The van der Waals surface area contributed by atoms with Gasteiger partial charge in [0.1, 0.15) is 0 Å². The summed E-state index contributed by atoms with van der Waals surface area (Å²) in [6.45, 7) is 0. The minimum Gasteiger partial charge on any atom is -0.256 e. The van der Waals surface area contributed by atoms with E-state index in [4.69, 9.17) is 11.6 Å². The van der Waals surface area contributed by atoms with Gasteiger partial charge >= 0.3 is 0 Å². The molecule has 16 heavy (non-hydrogen) atoms. The summed E-state index contributed by atoms with van der Waals surface area (Å²) in [7, 11) is 0. The van der Waals surface area contributed by atoms with E-state index in [0.29, 0.717) is 5.88 Å². The first kappa shape index (κ1) is 9.61. The van der Waals surface area contributed by atoms with Crippen LogP contribution in [-0.4, -0.2) is 4.98 Å². The van der Waals surface area contributed by atoms with E-state index in [-0.39, 0.29) is 0 Å². The van der Waals surface area contributed by atoms with Crippen molar-refractivity contribution in [3.05, 3.63) is 54.2 Å². The van der Waals surface area contributed by atoms with Crippen LogP contribution in [0.1, 0.15) is 5.56 Å². The molecule has 0 aliphatic rings. The fraction of sp³-hybridized carbons (Fsp3) is 0.0714. The van der Waals surface area contributed by atoms with E-state index in [1.807, 2.05) is 30.5 Å². The molecule has 0 radical (unpaired) electrons. The number of pyridine rings is 1. The first-order valence-corrected chi connectivity index (χ1v) is 5.75. The molecule has 0 spiro atoms. The van der Waals surface area contributed by atoms with E-state index in [1.54, 1.807) is 0 Å². The average Bonchev–Trinajstić information content (AvgIpc) is 2.37. The molecule has 78 valence electrons. The van der Waals surface area contributed by atoms with Crippen LogP contribution in [0.2, 0.25) is 0 Å². The van der Waals surface area contributed by atoms with Crippen molar-refractivity contribution in [1.82, 2.24) is 4.98 Å². The van der Waals surface area contributed by atoms with Gasteiger partial charge in [0.2, 0.25) is 0 Å². The number of hydrogen-bond acceptors (Lipinski definition) is 1. The van der Waals surface area contributed by atoms with Gasteiger partial charge in [-0.25, -0.2) is 0 Å². The number of benzene rings is 2. The molecule has 3 rings (SSSR count). The minimum atomic E-state index is 0.533. The second-order valence-corrected chi connectivity index (χ2v) is 4.06. The maximum atomic E-state index is 5.99. The van der Waals surface area contributed by atoms with Crippen LogP contribution in [0.3, 0.4) is 0 Å². The largest absolute Gasteiger partial charge is 0.256 e. The van der Waals surface area contributed by atoms with Crippen molar-refractivity contribution in [2.24, 2.45) is 0 Å². The summed E-state index contributed by atoms with van der Waals surface area (Å²) < 4.78 is 0. The first-order chi connectivity index (χ1) is 7.90. The normalized spacial score (nSPS) is 11.1. The van der Waals surface area contributed by atoms with Crippen LogP contribution in [0.5, 0.6) is 0 Å². The number of aromatic nitrogens is 1. The summed E-state index contributed by atoms with van der Waals surface area (Å²) in [4.78, 5) is 4.44. The van der Waals surface area contributed by atoms with E-state index < -0.39 is 0 Å². The number of nitrogens with zero attached hydrogens (tertiary/aromatic N) is 1. The van der Waals surface area contributed by atoms with Gasteiger partial charge in [0.05, 0.1) is 5.52 Å². The Hall–Kier alpha value is -1.60. The molecule has 2 heteroatoms. The molecule has 0 fully saturated rings. The van der Waals surface area contributed by atoms with Gasteiger partial charge in [-0.1, -0.05) is 36.4 Å². The molecule has 0 N–H and O–H groups in total.